The monoisotopic (exact) mass is 223 g/mol. The highest BCUT2D eigenvalue weighted by Gasteiger charge is 2.22. The summed E-state index contributed by atoms with van der Waals surface area (Å²) in [4.78, 5) is 0. The summed E-state index contributed by atoms with van der Waals surface area (Å²) in [5.74, 6) is 0.936. The minimum atomic E-state index is 0.489. The van der Waals surface area contributed by atoms with E-state index in [9.17, 15) is 0 Å². The Morgan fingerprint density at radius 2 is 2.00 bits per heavy atom. The maximum absolute atomic E-state index is 5.88. The summed E-state index contributed by atoms with van der Waals surface area (Å²) in [7, 11) is 0. The van der Waals surface area contributed by atoms with Gasteiger partial charge in [0.15, 0.2) is 0 Å². The summed E-state index contributed by atoms with van der Waals surface area (Å²) in [5.41, 5.74) is 1.35. The molecule has 1 atom stereocenters. The first-order valence-corrected chi connectivity index (χ1v) is 6.16. The Balaban J connectivity index is 1.94. The number of rotatable bonds is 5. The van der Waals surface area contributed by atoms with Crippen LogP contribution in [-0.4, -0.2) is 6.54 Å². The van der Waals surface area contributed by atoms with Gasteiger partial charge in [0.2, 0.25) is 0 Å². The lowest BCUT2D eigenvalue weighted by Gasteiger charge is -2.17. The molecule has 82 valence electrons. The fourth-order valence-electron chi connectivity index (χ4n) is 1.82. The molecule has 0 spiro atoms. The maximum atomic E-state index is 5.88. The molecule has 2 heteroatoms. The zero-order chi connectivity index (χ0) is 10.7. The summed E-state index contributed by atoms with van der Waals surface area (Å²) in [5, 5.41) is 4.44. The second-order valence-corrected chi connectivity index (χ2v) is 4.80. The highest BCUT2D eigenvalue weighted by Crippen LogP contribution is 2.29. The minimum Gasteiger partial charge on any atom is -0.310 e. The van der Waals surface area contributed by atoms with Gasteiger partial charge in [-0.05, 0) is 49.4 Å². The summed E-state index contributed by atoms with van der Waals surface area (Å²) in [6.45, 7) is 3.39. The van der Waals surface area contributed by atoms with E-state index in [-0.39, 0.29) is 0 Å². The van der Waals surface area contributed by atoms with E-state index in [4.69, 9.17) is 11.6 Å². The molecule has 15 heavy (non-hydrogen) atoms. The highest BCUT2D eigenvalue weighted by atomic mass is 35.5. The van der Waals surface area contributed by atoms with Crippen LogP contribution in [0.5, 0.6) is 0 Å². The minimum absolute atomic E-state index is 0.489. The quantitative estimate of drug-likeness (QED) is 0.801. The van der Waals surface area contributed by atoms with Gasteiger partial charge >= 0.3 is 0 Å². The van der Waals surface area contributed by atoms with Crippen LogP contribution < -0.4 is 5.32 Å². The van der Waals surface area contributed by atoms with E-state index in [2.05, 4.69) is 24.4 Å². The predicted molar refractivity (Wildman–Crippen MR) is 65.2 cm³/mol. The van der Waals surface area contributed by atoms with Crippen LogP contribution in [0, 0.1) is 5.92 Å². The second-order valence-electron chi connectivity index (χ2n) is 4.36. The van der Waals surface area contributed by atoms with Gasteiger partial charge in [0.1, 0.15) is 0 Å². The van der Waals surface area contributed by atoms with Gasteiger partial charge in [-0.15, -0.1) is 0 Å². The van der Waals surface area contributed by atoms with Crippen molar-refractivity contribution in [1.29, 1.82) is 0 Å². The van der Waals surface area contributed by atoms with Crippen LogP contribution in [0.2, 0.25) is 5.02 Å². The van der Waals surface area contributed by atoms with Gasteiger partial charge in [0.25, 0.3) is 0 Å². The fraction of sp³-hybridized carbons (Fsp3) is 0.538. The second kappa shape index (κ2) is 5.00. The van der Waals surface area contributed by atoms with Crippen molar-refractivity contribution < 1.29 is 0 Å². The van der Waals surface area contributed by atoms with E-state index < -0.39 is 0 Å². The van der Waals surface area contributed by atoms with Crippen LogP contribution in [0.15, 0.2) is 24.3 Å². The molecule has 0 radical (unpaired) electrons. The Morgan fingerprint density at radius 1 is 1.33 bits per heavy atom. The SMILES string of the molecule is CC[C@@H](NCC1CC1)c1ccc(Cl)cc1. The molecule has 1 aromatic carbocycles. The van der Waals surface area contributed by atoms with Crippen LogP contribution in [0.3, 0.4) is 0 Å². The van der Waals surface area contributed by atoms with Crippen molar-refractivity contribution >= 4 is 11.6 Å². The Hall–Kier alpha value is -0.530. The average Bonchev–Trinajstić information content (AvgIpc) is 3.05. The summed E-state index contributed by atoms with van der Waals surface area (Å²) in [6, 6.07) is 8.67. The molecule has 1 fully saturated rings. The molecular weight excluding hydrogens is 206 g/mol. The molecule has 0 bridgehead atoms. The molecule has 1 aliphatic rings. The first-order chi connectivity index (χ1) is 7.29. The average molecular weight is 224 g/mol. The third-order valence-corrected chi connectivity index (χ3v) is 3.28. The molecule has 1 nitrogen and oxygen atoms in total. The topological polar surface area (TPSA) is 12.0 Å². The van der Waals surface area contributed by atoms with Gasteiger partial charge in [0, 0.05) is 11.1 Å². The molecule has 1 aliphatic carbocycles. The van der Waals surface area contributed by atoms with E-state index in [0.29, 0.717) is 6.04 Å². The van der Waals surface area contributed by atoms with Crippen LogP contribution in [0.1, 0.15) is 37.8 Å². The third-order valence-electron chi connectivity index (χ3n) is 3.03. The van der Waals surface area contributed by atoms with Crippen molar-refractivity contribution in [3.05, 3.63) is 34.9 Å². The van der Waals surface area contributed by atoms with Crippen LogP contribution in [0.4, 0.5) is 0 Å². The van der Waals surface area contributed by atoms with Crippen molar-refractivity contribution in [2.24, 2.45) is 5.92 Å². The first-order valence-electron chi connectivity index (χ1n) is 5.78. The molecule has 0 unspecified atom stereocenters. The van der Waals surface area contributed by atoms with Gasteiger partial charge in [0.05, 0.1) is 0 Å². The normalized spacial score (nSPS) is 17.7. The Morgan fingerprint density at radius 3 is 2.53 bits per heavy atom. The molecule has 0 heterocycles. The number of nitrogens with one attached hydrogen (secondary N) is 1. The van der Waals surface area contributed by atoms with Gasteiger partial charge in [-0.1, -0.05) is 30.7 Å². The van der Waals surface area contributed by atoms with Crippen molar-refractivity contribution in [3.63, 3.8) is 0 Å². The smallest absolute Gasteiger partial charge is 0.0406 e. The molecule has 1 saturated carbocycles. The van der Waals surface area contributed by atoms with E-state index in [1.54, 1.807) is 0 Å². The number of halogens is 1. The van der Waals surface area contributed by atoms with E-state index >= 15 is 0 Å². The molecule has 0 saturated heterocycles. The van der Waals surface area contributed by atoms with E-state index in [1.165, 1.54) is 24.9 Å². The Labute approximate surface area is 96.8 Å². The first kappa shape index (κ1) is 11.0. The standard InChI is InChI=1S/C13H18ClN/c1-2-13(15-9-10-3-4-10)11-5-7-12(14)8-6-11/h5-8,10,13,15H,2-4,9H2,1H3/t13-/m1/s1. The van der Waals surface area contributed by atoms with Crippen molar-refractivity contribution in [2.75, 3.05) is 6.54 Å². The van der Waals surface area contributed by atoms with E-state index in [0.717, 1.165) is 17.4 Å². The highest BCUT2D eigenvalue weighted by molar-refractivity contribution is 6.30. The zero-order valence-corrected chi connectivity index (χ0v) is 9.93. The lowest BCUT2D eigenvalue weighted by Crippen LogP contribution is -2.22. The molecule has 1 N–H and O–H groups in total. The molecular formula is C13H18ClN. The molecule has 2 rings (SSSR count). The maximum Gasteiger partial charge on any atom is 0.0406 e. The van der Waals surface area contributed by atoms with Crippen LogP contribution in [0.25, 0.3) is 0 Å². The third kappa shape index (κ3) is 3.22. The van der Waals surface area contributed by atoms with Crippen molar-refractivity contribution in [1.82, 2.24) is 5.32 Å². The summed E-state index contributed by atoms with van der Waals surface area (Å²) >= 11 is 5.88. The molecule has 0 aromatic heterocycles. The van der Waals surface area contributed by atoms with Crippen molar-refractivity contribution in [3.8, 4) is 0 Å². The summed E-state index contributed by atoms with van der Waals surface area (Å²) < 4.78 is 0. The van der Waals surface area contributed by atoms with Crippen LogP contribution >= 0.6 is 11.6 Å². The molecule has 0 aliphatic heterocycles. The zero-order valence-electron chi connectivity index (χ0n) is 9.17. The lowest BCUT2D eigenvalue weighted by molar-refractivity contribution is 0.502. The van der Waals surface area contributed by atoms with Crippen molar-refractivity contribution in [2.45, 2.75) is 32.2 Å². The largest absolute Gasteiger partial charge is 0.310 e. The molecule has 0 amide bonds. The fourth-order valence-corrected chi connectivity index (χ4v) is 1.95. The number of hydrogen-bond acceptors (Lipinski definition) is 1. The lowest BCUT2D eigenvalue weighted by atomic mass is 10.0. The number of hydrogen-bond donors (Lipinski definition) is 1. The Kier molecular flexibility index (Phi) is 3.66. The summed E-state index contributed by atoms with van der Waals surface area (Å²) in [6.07, 6.45) is 3.95. The molecule has 1 aromatic rings. The predicted octanol–water partition coefficient (Wildman–Crippen LogP) is 3.79. The number of benzene rings is 1. The van der Waals surface area contributed by atoms with Gasteiger partial charge in [-0.2, -0.15) is 0 Å². The van der Waals surface area contributed by atoms with Gasteiger partial charge in [-0.25, -0.2) is 0 Å². The van der Waals surface area contributed by atoms with Gasteiger partial charge in [-0.3, -0.25) is 0 Å². The van der Waals surface area contributed by atoms with Gasteiger partial charge < -0.3 is 5.32 Å². The Bertz CT molecular complexity index is 303. The van der Waals surface area contributed by atoms with Crippen LogP contribution in [-0.2, 0) is 0 Å². The van der Waals surface area contributed by atoms with E-state index in [1.807, 2.05) is 12.1 Å².